The van der Waals surface area contributed by atoms with E-state index in [-0.39, 0.29) is 4.88 Å². The van der Waals surface area contributed by atoms with Crippen LogP contribution >= 0.6 is 11.3 Å². The van der Waals surface area contributed by atoms with Gasteiger partial charge in [0.15, 0.2) is 5.13 Å². The van der Waals surface area contributed by atoms with Crippen molar-refractivity contribution < 1.29 is 14.6 Å². The molecule has 2 atom stereocenters. The van der Waals surface area contributed by atoms with E-state index in [2.05, 4.69) is 10.3 Å². The summed E-state index contributed by atoms with van der Waals surface area (Å²) >= 11 is 1.17. The van der Waals surface area contributed by atoms with Gasteiger partial charge < -0.3 is 15.2 Å². The molecule has 0 aromatic carbocycles. The molecule has 1 heterocycles. The van der Waals surface area contributed by atoms with Crippen molar-refractivity contribution in [1.29, 1.82) is 0 Å². The molecule has 0 amide bonds. The maximum atomic E-state index is 10.7. The summed E-state index contributed by atoms with van der Waals surface area (Å²) in [7, 11) is 1.72. The van der Waals surface area contributed by atoms with Crippen LogP contribution in [-0.4, -0.2) is 35.3 Å². The molecule has 2 unspecified atom stereocenters. The fourth-order valence-electron chi connectivity index (χ4n) is 1.90. The van der Waals surface area contributed by atoms with Crippen LogP contribution in [0, 0.1) is 0 Å². The van der Waals surface area contributed by atoms with Gasteiger partial charge in [-0.05, 0) is 19.3 Å². The van der Waals surface area contributed by atoms with Gasteiger partial charge in [-0.3, -0.25) is 0 Å². The smallest absolute Gasteiger partial charge is 0.347 e. The molecule has 16 heavy (non-hydrogen) atoms. The number of nitrogens with zero attached hydrogens (tertiary/aromatic N) is 1. The normalized spacial score (nSPS) is 24.6. The molecule has 1 saturated carbocycles. The number of rotatable bonds is 4. The largest absolute Gasteiger partial charge is 0.477 e. The minimum absolute atomic E-state index is 0.267. The molecule has 6 heteroatoms. The van der Waals surface area contributed by atoms with Crippen LogP contribution in [0.1, 0.15) is 28.9 Å². The summed E-state index contributed by atoms with van der Waals surface area (Å²) in [5.41, 5.74) is 0. The number of hydrogen-bond donors (Lipinski definition) is 2. The van der Waals surface area contributed by atoms with Crippen LogP contribution in [0.15, 0.2) is 6.20 Å². The molecule has 1 aliphatic rings. The molecule has 1 fully saturated rings. The molecule has 0 spiro atoms. The van der Waals surface area contributed by atoms with Crippen LogP contribution in [0.25, 0.3) is 0 Å². The second-order valence-corrected chi connectivity index (χ2v) is 4.88. The Bertz CT molecular complexity index is 380. The summed E-state index contributed by atoms with van der Waals surface area (Å²) < 4.78 is 5.27. The summed E-state index contributed by atoms with van der Waals surface area (Å²) in [5, 5.41) is 12.7. The van der Waals surface area contributed by atoms with Gasteiger partial charge >= 0.3 is 5.97 Å². The van der Waals surface area contributed by atoms with Crippen LogP contribution in [0.2, 0.25) is 0 Å². The van der Waals surface area contributed by atoms with Crippen molar-refractivity contribution in [3.8, 4) is 0 Å². The number of ether oxygens (including phenoxy) is 1. The predicted octanol–water partition coefficient (Wildman–Crippen LogP) is 1.82. The molecular formula is C10H14N2O3S. The number of methoxy groups -OCH3 is 1. The van der Waals surface area contributed by atoms with E-state index in [1.165, 1.54) is 17.5 Å². The van der Waals surface area contributed by atoms with E-state index in [1.54, 1.807) is 7.11 Å². The minimum Gasteiger partial charge on any atom is -0.477 e. The lowest BCUT2D eigenvalue weighted by molar-refractivity contribution is 0.0702. The number of hydrogen-bond acceptors (Lipinski definition) is 5. The highest BCUT2D eigenvalue weighted by Gasteiger charge is 2.25. The van der Waals surface area contributed by atoms with Gasteiger partial charge in [-0.25, -0.2) is 9.78 Å². The highest BCUT2D eigenvalue weighted by atomic mass is 32.1. The van der Waals surface area contributed by atoms with E-state index >= 15 is 0 Å². The second kappa shape index (κ2) is 4.80. The van der Waals surface area contributed by atoms with Gasteiger partial charge in [-0.2, -0.15) is 0 Å². The van der Waals surface area contributed by atoms with E-state index < -0.39 is 5.97 Å². The average molecular weight is 242 g/mol. The molecular weight excluding hydrogens is 228 g/mol. The standard InChI is InChI=1S/C10H14N2O3S/c1-15-7-3-2-6(4-7)12-10-11-5-8(16-10)9(13)14/h5-7H,2-4H2,1H3,(H,11,12)(H,13,14). The zero-order valence-electron chi connectivity index (χ0n) is 8.97. The van der Waals surface area contributed by atoms with Crippen LogP contribution in [0.4, 0.5) is 5.13 Å². The first-order valence-electron chi connectivity index (χ1n) is 5.17. The number of carbonyl (C=O) groups is 1. The number of anilines is 1. The molecule has 1 aromatic rings. The van der Waals surface area contributed by atoms with E-state index in [4.69, 9.17) is 9.84 Å². The lowest BCUT2D eigenvalue weighted by Crippen LogP contribution is -2.16. The summed E-state index contributed by atoms with van der Waals surface area (Å²) in [6, 6.07) is 0.345. The zero-order valence-corrected chi connectivity index (χ0v) is 9.79. The Balaban J connectivity index is 1.92. The van der Waals surface area contributed by atoms with Crippen molar-refractivity contribution in [1.82, 2.24) is 4.98 Å². The van der Waals surface area contributed by atoms with Crippen molar-refractivity contribution in [3.63, 3.8) is 0 Å². The van der Waals surface area contributed by atoms with Crippen molar-refractivity contribution in [2.75, 3.05) is 12.4 Å². The van der Waals surface area contributed by atoms with Gasteiger partial charge in [0.1, 0.15) is 4.88 Å². The minimum atomic E-state index is -0.924. The SMILES string of the molecule is COC1CCC(Nc2ncc(C(=O)O)s2)C1. The third kappa shape index (κ3) is 2.51. The van der Waals surface area contributed by atoms with Crippen molar-refractivity contribution in [2.45, 2.75) is 31.4 Å². The molecule has 0 saturated heterocycles. The molecule has 0 radical (unpaired) electrons. The fraction of sp³-hybridized carbons (Fsp3) is 0.600. The molecule has 1 aliphatic carbocycles. The summed E-state index contributed by atoms with van der Waals surface area (Å²) in [5.74, 6) is -0.924. The third-order valence-corrected chi connectivity index (χ3v) is 3.68. The van der Waals surface area contributed by atoms with Crippen LogP contribution in [0.3, 0.4) is 0 Å². The Kier molecular flexibility index (Phi) is 3.40. The molecule has 2 N–H and O–H groups in total. The van der Waals surface area contributed by atoms with E-state index in [1.807, 2.05) is 0 Å². The monoisotopic (exact) mass is 242 g/mol. The maximum Gasteiger partial charge on any atom is 0.347 e. The summed E-state index contributed by atoms with van der Waals surface area (Å²) in [6.07, 6.45) is 4.75. The van der Waals surface area contributed by atoms with Gasteiger partial charge in [-0.15, -0.1) is 0 Å². The molecule has 2 rings (SSSR count). The molecule has 5 nitrogen and oxygen atoms in total. The van der Waals surface area contributed by atoms with E-state index in [0.717, 1.165) is 19.3 Å². The summed E-state index contributed by atoms with van der Waals surface area (Å²) in [6.45, 7) is 0. The molecule has 0 aliphatic heterocycles. The van der Waals surface area contributed by atoms with Gasteiger partial charge in [-0.1, -0.05) is 11.3 Å². The lowest BCUT2D eigenvalue weighted by Gasteiger charge is -2.11. The Morgan fingerprint density at radius 2 is 2.50 bits per heavy atom. The number of thiazole rings is 1. The number of carboxylic acids is 1. The van der Waals surface area contributed by atoms with Crippen LogP contribution < -0.4 is 5.32 Å². The Morgan fingerprint density at radius 1 is 1.69 bits per heavy atom. The molecule has 1 aromatic heterocycles. The van der Waals surface area contributed by atoms with Crippen LogP contribution in [0.5, 0.6) is 0 Å². The second-order valence-electron chi connectivity index (χ2n) is 3.85. The van der Waals surface area contributed by atoms with Crippen LogP contribution in [-0.2, 0) is 4.74 Å². The summed E-state index contributed by atoms with van der Waals surface area (Å²) in [4.78, 5) is 15.0. The highest BCUT2D eigenvalue weighted by Crippen LogP contribution is 2.26. The van der Waals surface area contributed by atoms with E-state index in [0.29, 0.717) is 17.3 Å². The molecule has 88 valence electrons. The van der Waals surface area contributed by atoms with Gasteiger partial charge in [0.05, 0.1) is 12.3 Å². The zero-order chi connectivity index (χ0) is 11.5. The fourth-order valence-corrected chi connectivity index (χ4v) is 2.63. The first-order chi connectivity index (χ1) is 7.69. The van der Waals surface area contributed by atoms with Gasteiger partial charge in [0.2, 0.25) is 0 Å². The van der Waals surface area contributed by atoms with Gasteiger partial charge in [0.25, 0.3) is 0 Å². The quantitative estimate of drug-likeness (QED) is 0.842. The van der Waals surface area contributed by atoms with E-state index in [9.17, 15) is 4.79 Å². The number of nitrogens with one attached hydrogen (secondary N) is 1. The maximum absolute atomic E-state index is 10.7. The number of carboxylic acid groups (broad SMARTS) is 1. The first kappa shape index (κ1) is 11.3. The Labute approximate surface area is 97.5 Å². The average Bonchev–Trinajstić information content (AvgIpc) is 2.87. The predicted molar refractivity (Wildman–Crippen MR) is 61.1 cm³/mol. The number of aromatic nitrogens is 1. The Hall–Kier alpha value is -1.14. The topological polar surface area (TPSA) is 71.5 Å². The molecule has 0 bridgehead atoms. The third-order valence-electron chi connectivity index (χ3n) is 2.76. The first-order valence-corrected chi connectivity index (χ1v) is 5.99. The van der Waals surface area contributed by atoms with Gasteiger partial charge in [0, 0.05) is 13.2 Å². The Morgan fingerprint density at radius 3 is 3.06 bits per heavy atom. The van der Waals surface area contributed by atoms with Crippen molar-refractivity contribution >= 4 is 22.4 Å². The number of aromatic carboxylic acids is 1. The highest BCUT2D eigenvalue weighted by molar-refractivity contribution is 7.17. The van der Waals surface area contributed by atoms with Crippen molar-refractivity contribution in [3.05, 3.63) is 11.1 Å². The lowest BCUT2D eigenvalue weighted by atomic mass is 10.2. The van der Waals surface area contributed by atoms with Crippen molar-refractivity contribution in [2.24, 2.45) is 0 Å².